The van der Waals surface area contributed by atoms with Gasteiger partial charge in [-0.1, -0.05) is 17.8 Å². The van der Waals surface area contributed by atoms with Gasteiger partial charge in [-0.25, -0.2) is 0 Å². The molecule has 2 aromatic rings. The first-order valence-corrected chi connectivity index (χ1v) is 6.66. The standard InChI is InChI=1S/C15H10O4S/c16-9-5-4-8(12(18)7-9)6-13-14(19)10-2-1-3-11(17)15(10)20-13/h1-7,16-18H/b13-6-. The van der Waals surface area contributed by atoms with Crippen molar-refractivity contribution < 1.29 is 20.1 Å². The molecule has 5 heteroatoms. The highest BCUT2D eigenvalue weighted by molar-refractivity contribution is 8.05. The van der Waals surface area contributed by atoms with Gasteiger partial charge in [0.2, 0.25) is 5.78 Å². The van der Waals surface area contributed by atoms with Crippen LogP contribution in [0.25, 0.3) is 6.08 Å². The summed E-state index contributed by atoms with van der Waals surface area (Å²) in [6, 6.07) is 8.96. The lowest BCUT2D eigenvalue weighted by molar-refractivity contribution is 0.104. The smallest absolute Gasteiger partial charge is 0.201 e. The number of allylic oxidation sites excluding steroid dienone is 1. The molecule has 0 aromatic heterocycles. The Morgan fingerprint density at radius 1 is 1.00 bits per heavy atom. The van der Waals surface area contributed by atoms with Crippen LogP contribution >= 0.6 is 11.8 Å². The summed E-state index contributed by atoms with van der Waals surface area (Å²) in [7, 11) is 0. The van der Waals surface area contributed by atoms with Gasteiger partial charge in [-0.2, -0.15) is 0 Å². The summed E-state index contributed by atoms with van der Waals surface area (Å²) in [4.78, 5) is 13.1. The van der Waals surface area contributed by atoms with E-state index in [0.29, 0.717) is 20.9 Å². The number of thioether (sulfide) groups is 1. The zero-order chi connectivity index (χ0) is 14.3. The fraction of sp³-hybridized carbons (Fsp3) is 0. The number of phenols is 3. The van der Waals surface area contributed by atoms with Crippen LogP contribution in [-0.4, -0.2) is 21.1 Å². The van der Waals surface area contributed by atoms with Gasteiger partial charge >= 0.3 is 0 Å². The van der Waals surface area contributed by atoms with Crippen molar-refractivity contribution in [2.75, 3.05) is 0 Å². The molecular weight excluding hydrogens is 276 g/mol. The summed E-state index contributed by atoms with van der Waals surface area (Å²) in [5, 5.41) is 28.7. The Hall–Kier alpha value is -2.40. The first-order chi connectivity index (χ1) is 9.56. The van der Waals surface area contributed by atoms with Gasteiger partial charge in [0.25, 0.3) is 0 Å². The zero-order valence-electron chi connectivity index (χ0n) is 10.2. The van der Waals surface area contributed by atoms with Crippen molar-refractivity contribution in [1.82, 2.24) is 0 Å². The molecule has 3 rings (SSSR count). The van der Waals surface area contributed by atoms with Gasteiger partial charge < -0.3 is 15.3 Å². The molecule has 0 unspecified atom stereocenters. The molecule has 0 amide bonds. The van der Waals surface area contributed by atoms with Gasteiger partial charge in [-0.05, 0) is 30.3 Å². The van der Waals surface area contributed by atoms with Gasteiger partial charge in [0.05, 0.1) is 9.80 Å². The quantitative estimate of drug-likeness (QED) is 0.702. The second-order valence-corrected chi connectivity index (χ2v) is 5.39. The lowest BCUT2D eigenvalue weighted by Gasteiger charge is -2.01. The van der Waals surface area contributed by atoms with Crippen molar-refractivity contribution in [2.24, 2.45) is 0 Å². The molecule has 0 bridgehead atoms. The number of benzene rings is 2. The van der Waals surface area contributed by atoms with Gasteiger partial charge in [0.1, 0.15) is 17.2 Å². The fourth-order valence-electron chi connectivity index (χ4n) is 1.99. The molecule has 2 aromatic carbocycles. The second kappa shape index (κ2) is 4.61. The fourth-order valence-corrected chi connectivity index (χ4v) is 3.04. The highest BCUT2D eigenvalue weighted by Crippen LogP contribution is 2.45. The number of hydrogen-bond acceptors (Lipinski definition) is 5. The van der Waals surface area contributed by atoms with Gasteiger partial charge in [0.15, 0.2) is 0 Å². The number of hydrogen-bond donors (Lipinski definition) is 3. The Kier molecular flexibility index (Phi) is 2.91. The lowest BCUT2D eigenvalue weighted by atomic mass is 10.1. The number of carbonyl (C=O) groups excluding carboxylic acids is 1. The van der Waals surface area contributed by atoms with Crippen molar-refractivity contribution in [1.29, 1.82) is 0 Å². The Bertz CT molecular complexity index is 750. The third kappa shape index (κ3) is 2.02. The van der Waals surface area contributed by atoms with E-state index in [1.54, 1.807) is 18.2 Å². The topological polar surface area (TPSA) is 77.8 Å². The predicted molar refractivity (Wildman–Crippen MR) is 76.0 cm³/mol. The van der Waals surface area contributed by atoms with Crippen LogP contribution in [0.15, 0.2) is 46.2 Å². The Morgan fingerprint density at radius 2 is 1.80 bits per heavy atom. The highest BCUT2D eigenvalue weighted by Gasteiger charge is 2.28. The molecule has 4 nitrogen and oxygen atoms in total. The first kappa shape index (κ1) is 12.6. The van der Waals surface area contributed by atoms with Crippen LogP contribution in [0.2, 0.25) is 0 Å². The second-order valence-electron chi connectivity index (χ2n) is 4.34. The average Bonchev–Trinajstić information content (AvgIpc) is 2.72. The van der Waals surface area contributed by atoms with E-state index in [4.69, 9.17) is 0 Å². The number of phenolic OH excluding ortho intramolecular Hbond substituents is 3. The summed E-state index contributed by atoms with van der Waals surface area (Å²) in [6.07, 6.45) is 1.54. The Balaban J connectivity index is 2.04. The number of ketones is 1. The van der Waals surface area contributed by atoms with Crippen molar-refractivity contribution in [3.8, 4) is 17.2 Å². The van der Waals surface area contributed by atoms with Gasteiger partial charge in [-0.15, -0.1) is 0 Å². The van der Waals surface area contributed by atoms with E-state index < -0.39 is 0 Å². The predicted octanol–water partition coefficient (Wildman–Crippen LogP) is 3.13. The molecule has 0 saturated carbocycles. The third-order valence-corrected chi connectivity index (χ3v) is 4.13. The van der Waals surface area contributed by atoms with Crippen LogP contribution < -0.4 is 0 Å². The molecule has 0 spiro atoms. The summed E-state index contributed by atoms with van der Waals surface area (Å²) in [5.74, 6) is -0.269. The summed E-state index contributed by atoms with van der Waals surface area (Å²) >= 11 is 1.17. The maximum Gasteiger partial charge on any atom is 0.201 e. The SMILES string of the molecule is O=C1/C(=C/c2ccc(O)cc2O)Sc2c(O)cccc21. The zero-order valence-corrected chi connectivity index (χ0v) is 11.0. The molecule has 1 heterocycles. The van der Waals surface area contributed by atoms with E-state index >= 15 is 0 Å². The Morgan fingerprint density at radius 3 is 2.50 bits per heavy atom. The van der Waals surface area contributed by atoms with E-state index in [9.17, 15) is 20.1 Å². The average molecular weight is 286 g/mol. The molecule has 3 N–H and O–H groups in total. The van der Waals surface area contributed by atoms with Crippen molar-refractivity contribution in [2.45, 2.75) is 4.90 Å². The van der Waals surface area contributed by atoms with E-state index in [-0.39, 0.29) is 23.0 Å². The van der Waals surface area contributed by atoms with Crippen LogP contribution in [0, 0.1) is 0 Å². The normalized spacial score (nSPS) is 15.6. The monoisotopic (exact) mass is 286 g/mol. The van der Waals surface area contributed by atoms with E-state index in [2.05, 4.69) is 0 Å². The van der Waals surface area contributed by atoms with Crippen LogP contribution in [-0.2, 0) is 0 Å². The largest absolute Gasteiger partial charge is 0.508 e. The summed E-state index contributed by atoms with van der Waals surface area (Å²) in [5.41, 5.74) is 0.894. The number of rotatable bonds is 1. The molecule has 100 valence electrons. The summed E-state index contributed by atoms with van der Waals surface area (Å²) in [6.45, 7) is 0. The third-order valence-electron chi connectivity index (χ3n) is 2.98. The number of Topliss-reactive ketones (excluding diaryl/α,β-unsaturated/α-hetero) is 1. The summed E-state index contributed by atoms with van der Waals surface area (Å²) < 4.78 is 0. The highest BCUT2D eigenvalue weighted by atomic mass is 32.2. The molecule has 0 aliphatic carbocycles. The number of fused-ring (bicyclic) bond motifs is 1. The molecule has 1 aliphatic rings. The molecule has 20 heavy (non-hydrogen) atoms. The molecule has 0 atom stereocenters. The molecule has 0 radical (unpaired) electrons. The van der Waals surface area contributed by atoms with Gasteiger partial charge in [0, 0.05) is 17.2 Å². The maximum absolute atomic E-state index is 12.2. The van der Waals surface area contributed by atoms with Crippen molar-refractivity contribution >= 4 is 23.6 Å². The molecule has 0 fully saturated rings. The minimum absolute atomic E-state index is 0.0454. The number of carbonyl (C=O) groups is 1. The minimum atomic E-state index is -0.187. The first-order valence-electron chi connectivity index (χ1n) is 5.84. The van der Waals surface area contributed by atoms with Crippen LogP contribution in [0.3, 0.4) is 0 Å². The van der Waals surface area contributed by atoms with E-state index in [0.717, 1.165) is 0 Å². The Labute approximate surface area is 119 Å². The van der Waals surface area contributed by atoms with Crippen molar-refractivity contribution in [3.05, 3.63) is 52.4 Å². The van der Waals surface area contributed by atoms with Gasteiger partial charge in [-0.3, -0.25) is 4.79 Å². The number of aromatic hydroxyl groups is 3. The molecule has 0 saturated heterocycles. The minimum Gasteiger partial charge on any atom is -0.508 e. The van der Waals surface area contributed by atoms with Crippen LogP contribution in [0.1, 0.15) is 15.9 Å². The van der Waals surface area contributed by atoms with Crippen LogP contribution in [0.5, 0.6) is 17.2 Å². The van der Waals surface area contributed by atoms with E-state index in [1.807, 2.05) is 0 Å². The lowest BCUT2D eigenvalue weighted by Crippen LogP contribution is -1.93. The maximum atomic E-state index is 12.2. The molecule has 1 aliphatic heterocycles. The van der Waals surface area contributed by atoms with Crippen molar-refractivity contribution in [3.63, 3.8) is 0 Å². The van der Waals surface area contributed by atoms with E-state index in [1.165, 1.54) is 36.0 Å². The molecular formula is C15H10O4S. The van der Waals surface area contributed by atoms with Crippen LogP contribution in [0.4, 0.5) is 0 Å².